The van der Waals surface area contributed by atoms with Crippen molar-refractivity contribution < 1.29 is 14.3 Å². The van der Waals surface area contributed by atoms with Gasteiger partial charge in [-0.3, -0.25) is 0 Å². The minimum atomic E-state index is -0.365. The lowest BCUT2D eigenvalue weighted by molar-refractivity contribution is 0.0600. The van der Waals surface area contributed by atoms with Crippen molar-refractivity contribution in [2.24, 2.45) is 0 Å². The fraction of sp³-hybridized carbons (Fsp3) is 0.115. The first-order chi connectivity index (χ1) is 16.1. The van der Waals surface area contributed by atoms with Crippen LogP contribution in [0.15, 0.2) is 77.1 Å². The van der Waals surface area contributed by atoms with Crippen LogP contribution in [-0.2, 0) is 10.5 Å². The topological polar surface area (TPSA) is 72.2 Å². The van der Waals surface area contributed by atoms with Gasteiger partial charge in [-0.1, -0.05) is 30.3 Å². The predicted molar refractivity (Wildman–Crippen MR) is 132 cm³/mol. The van der Waals surface area contributed by atoms with Gasteiger partial charge in [0.25, 0.3) is 0 Å². The van der Waals surface area contributed by atoms with Gasteiger partial charge in [-0.05, 0) is 52.9 Å². The van der Waals surface area contributed by atoms with E-state index in [2.05, 4.69) is 6.07 Å². The van der Waals surface area contributed by atoms with Crippen LogP contribution in [0.4, 0.5) is 0 Å². The second-order valence-electron chi connectivity index (χ2n) is 7.03. The zero-order chi connectivity index (χ0) is 23.2. The highest BCUT2D eigenvalue weighted by molar-refractivity contribution is 7.98. The standard InChI is InChI=1S/C26H20N2O3S2/c1-30-20-11-9-18(10-12-20)21-14-23(24-4-3-13-32-24)28-25(22(21)15-27)33-16-17-5-7-19(8-6-17)26(29)31-2/h3-14H,16H2,1-2H3. The average Bonchev–Trinajstić information content (AvgIpc) is 3.42. The van der Waals surface area contributed by atoms with Gasteiger partial charge in [0.1, 0.15) is 16.8 Å². The molecule has 0 aliphatic heterocycles. The molecule has 0 spiro atoms. The van der Waals surface area contributed by atoms with Crippen LogP contribution >= 0.6 is 23.1 Å². The molecular formula is C26H20N2O3S2. The molecule has 0 aliphatic rings. The van der Waals surface area contributed by atoms with Crippen molar-refractivity contribution in [2.75, 3.05) is 14.2 Å². The number of rotatable bonds is 7. The maximum atomic E-state index is 11.7. The van der Waals surface area contributed by atoms with Crippen molar-refractivity contribution in [3.8, 4) is 33.5 Å². The quantitative estimate of drug-likeness (QED) is 0.228. The third-order valence-electron chi connectivity index (χ3n) is 5.02. The number of esters is 1. The van der Waals surface area contributed by atoms with Gasteiger partial charge in [-0.25, -0.2) is 9.78 Å². The number of thiophene rings is 1. The molecule has 2 heterocycles. The number of carbonyl (C=O) groups excluding carboxylic acids is 1. The number of thioether (sulfide) groups is 1. The molecule has 0 unspecified atom stereocenters. The van der Waals surface area contributed by atoms with Gasteiger partial charge in [0, 0.05) is 11.3 Å². The minimum absolute atomic E-state index is 0.365. The molecule has 0 aliphatic carbocycles. The highest BCUT2D eigenvalue weighted by Crippen LogP contribution is 2.36. The van der Waals surface area contributed by atoms with Crippen LogP contribution < -0.4 is 4.74 Å². The van der Waals surface area contributed by atoms with Crippen molar-refractivity contribution in [1.82, 2.24) is 4.98 Å². The van der Waals surface area contributed by atoms with E-state index in [9.17, 15) is 10.1 Å². The lowest BCUT2D eigenvalue weighted by Crippen LogP contribution is -2.00. The Morgan fingerprint density at radius 1 is 1.09 bits per heavy atom. The third-order valence-corrected chi connectivity index (χ3v) is 6.96. The zero-order valence-electron chi connectivity index (χ0n) is 18.1. The highest BCUT2D eigenvalue weighted by Gasteiger charge is 2.17. The van der Waals surface area contributed by atoms with Gasteiger partial charge >= 0.3 is 5.97 Å². The Morgan fingerprint density at radius 3 is 2.45 bits per heavy atom. The first kappa shape index (κ1) is 22.6. The molecule has 0 N–H and O–H groups in total. The largest absolute Gasteiger partial charge is 0.497 e. The van der Waals surface area contributed by atoms with Gasteiger partial charge in [0.15, 0.2) is 0 Å². The van der Waals surface area contributed by atoms with Crippen LogP contribution in [-0.4, -0.2) is 25.2 Å². The molecule has 0 radical (unpaired) electrons. The van der Waals surface area contributed by atoms with Crippen LogP contribution in [0.3, 0.4) is 0 Å². The van der Waals surface area contributed by atoms with E-state index in [0.717, 1.165) is 33.0 Å². The molecule has 2 aromatic heterocycles. The van der Waals surface area contributed by atoms with Gasteiger partial charge < -0.3 is 9.47 Å². The summed E-state index contributed by atoms with van der Waals surface area (Å²) in [6.45, 7) is 0. The predicted octanol–water partition coefficient (Wildman–Crippen LogP) is 6.44. The number of hydrogen-bond donors (Lipinski definition) is 0. The summed E-state index contributed by atoms with van der Waals surface area (Å²) in [5.74, 6) is 1.00. The molecule has 0 amide bonds. The fourth-order valence-electron chi connectivity index (χ4n) is 3.29. The van der Waals surface area contributed by atoms with Crippen molar-refractivity contribution in [2.45, 2.75) is 10.8 Å². The lowest BCUT2D eigenvalue weighted by atomic mass is 10.0. The second-order valence-corrected chi connectivity index (χ2v) is 8.94. The smallest absolute Gasteiger partial charge is 0.337 e. The fourth-order valence-corrected chi connectivity index (χ4v) is 4.93. The SMILES string of the molecule is COC(=O)c1ccc(CSc2nc(-c3cccs3)cc(-c3ccc(OC)cc3)c2C#N)cc1. The molecule has 33 heavy (non-hydrogen) atoms. The van der Waals surface area contributed by atoms with Crippen molar-refractivity contribution >= 4 is 29.1 Å². The maximum absolute atomic E-state index is 11.7. The number of methoxy groups -OCH3 is 2. The normalized spacial score (nSPS) is 10.5. The van der Waals surface area contributed by atoms with Crippen molar-refractivity contribution in [1.29, 1.82) is 5.26 Å². The Kier molecular flexibility index (Phi) is 7.08. The molecule has 0 bridgehead atoms. The summed E-state index contributed by atoms with van der Waals surface area (Å²) in [5.41, 5.74) is 4.66. The third kappa shape index (κ3) is 5.08. The maximum Gasteiger partial charge on any atom is 0.337 e. The number of carbonyl (C=O) groups is 1. The van der Waals surface area contributed by atoms with E-state index in [0.29, 0.717) is 21.9 Å². The summed E-state index contributed by atoms with van der Waals surface area (Å²) in [4.78, 5) is 17.5. The van der Waals surface area contributed by atoms with E-state index in [-0.39, 0.29) is 5.97 Å². The van der Waals surface area contributed by atoms with Gasteiger partial charge in [0.05, 0.1) is 35.9 Å². The number of aromatic nitrogens is 1. The molecular weight excluding hydrogens is 452 g/mol. The zero-order valence-corrected chi connectivity index (χ0v) is 19.7. The van der Waals surface area contributed by atoms with Gasteiger partial charge in [-0.15, -0.1) is 23.1 Å². The van der Waals surface area contributed by atoms with E-state index in [4.69, 9.17) is 14.5 Å². The van der Waals surface area contributed by atoms with Gasteiger partial charge in [-0.2, -0.15) is 5.26 Å². The number of pyridine rings is 1. The van der Waals surface area contributed by atoms with E-state index in [1.54, 1.807) is 30.6 Å². The average molecular weight is 473 g/mol. The molecule has 0 saturated carbocycles. The molecule has 2 aromatic carbocycles. The summed E-state index contributed by atoms with van der Waals surface area (Å²) in [5, 5.41) is 12.7. The first-order valence-electron chi connectivity index (χ1n) is 10.1. The van der Waals surface area contributed by atoms with E-state index in [1.165, 1.54) is 18.9 Å². The van der Waals surface area contributed by atoms with Crippen molar-refractivity contribution in [3.05, 3.63) is 88.8 Å². The van der Waals surface area contributed by atoms with Crippen LogP contribution in [0.1, 0.15) is 21.5 Å². The Hall–Kier alpha value is -3.60. The van der Waals surface area contributed by atoms with E-state index in [1.807, 2.05) is 60.0 Å². The number of nitrogens with zero attached hydrogens (tertiary/aromatic N) is 2. The summed E-state index contributed by atoms with van der Waals surface area (Å²) in [6, 6.07) is 23.3. The highest BCUT2D eigenvalue weighted by atomic mass is 32.2. The molecule has 5 nitrogen and oxygen atoms in total. The number of nitriles is 1. The first-order valence-corrected chi connectivity index (χ1v) is 11.9. The molecule has 7 heteroatoms. The number of ether oxygens (including phenoxy) is 2. The summed E-state index contributed by atoms with van der Waals surface area (Å²) in [7, 11) is 2.99. The monoisotopic (exact) mass is 472 g/mol. The lowest BCUT2D eigenvalue weighted by Gasteiger charge is -2.12. The summed E-state index contributed by atoms with van der Waals surface area (Å²) in [6.07, 6.45) is 0. The molecule has 0 saturated heterocycles. The summed E-state index contributed by atoms with van der Waals surface area (Å²) >= 11 is 3.11. The number of benzene rings is 2. The molecule has 164 valence electrons. The Bertz CT molecular complexity index is 1290. The van der Waals surface area contributed by atoms with Gasteiger partial charge in [0.2, 0.25) is 0 Å². The number of hydrogen-bond acceptors (Lipinski definition) is 7. The summed E-state index contributed by atoms with van der Waals surface area (Å²) < 4.78 is 10.0. The molecule has 4 rings (SSSR count). The van der Waals surface area contributed by atoms with E-state index >= 15 is 0 Å². The van der Waals surface area contributed by atoms with Crippen LogP contribution in [0.2, 0.25) is 0 Å². The molecule has 4 aromatic rings. The molecule has 0 atom stereocenters. The van der Waals surface area contributed by atoms with Crippen LogP contribution in [0.5, 0.6) is 5.75 Å². The van der Waals surface area contributed by atoms with Crippen LogP contribution in [0, 0.1) is 11.3 Å². The Balaban J connectivity index is 1.71. The second kappa shape index (κ2) is 10.3. The minimum Gasteiger partial charge on any atom is -0.497 e. The Labute approximate surface area is 200 Å². The van der Waals surface area contributed by atoms with E-state index < -0.39 is 0 Å². The van der Waals surface area contributed by atoms with Crippen LogP contribution in [0.25, 0.3) is 21.7 Å². The molecule has 0 fully saturated rings. The van der Waals surface area contributed by atoms with Crippen molar-refractivity contribution in [3.63, 3.8) is 0 Å². The Morgan fingerprint density at radius 2 is 1.85 bits per heavy atom.